The minimum atomic E-state index is -4.16. The summed E-state index contributed by atoms with van der Waals surface area (Å²) in [5, 5.41) is 30.9. The Kier molecular flexibility index (Phi) is 39.9. The van der Waals surface area contributed by atoms with Crippen molar-refractivity contribution in [1.29, 1.82) is 0 Å². The monoisotopic (exact) mass is 1610 g/mol. The predicted octanol–water partition coefficient (Wildman–Crippen LogP) is 4.18. The molecule has 5 rings (SSSR count). The number of rotatable bonds is 45. The maximum Gasteiger partial charge on any atom is 0.407 e. The number of alkyl carbamates (subject to hydrolysis) is 1. The lowest BCUT2D eigenvalue weighted by atomic mass is 9.92. The van der Waals surface area contributed by atoms with Gasteiger partial charge in [-0.2, -0.15) is 8.42 Å². The zero-order valence-corrected chi connectivity index (χ0v) is 66.3. The fraction of sp³-hybridized carbons (Fsp3) is 0.579. The van der Waals surface area contributed by atoms with Crippen LogP contribution >= 0.6 is 11.6 Å². The van der Waals surface area contributed by atoms with Crippen LogP contribution in [0.15, 0.2) is 78.9 Å². The first kappa shape index (κ1) is 93.2. The summed E-state index contributed by atoms with van der Waals surface area (Å²) in [7, 11) is -2.68. The van der Waals surface area contributed by atoms with Gasteiger partial charge in [0.2, 0.25) is 47.3 Å². The number of carboxylic acids is 1. The maximum absolute atomic E-state index is 14.0. The van der Waals surface area contributed by atoms with E-state index in [0.717, 1.165) is 16.0 Å². The lowest BCUT2D eigenvalue weighted by Crippen LogP contribution is -2.54. The first-order chi connectivity index (χ1) is 53.1. The molecule has 10 N–H and O–H groups in total. The number of hydrogen-bond donors (Lipinski definition) is 10. The molecule has 0 saturated carbocycles. The topological polar surface area (TPSA) is 465 Å². The van der Waals surface area contributed by atoms with E-state index in [4.69, 9.17) is 58.8 Å². The van der Waals surface area contributed by atoms with Gasteiger partial charge < -0.3 is 95.2 Å². The molecule has 8 atom stereocenters. The summed E-state index contributed by atoms with van der Waals surface area (Å²) in [6.07, 6.45) is -1.80. The number of nitrogens with one attached hydrogen (secondary N) is 8. The average molecular weight is 1620 g/mol. The molecule has 0 radical (unpaired) electrons. The molecule has 2 aliphatic rings. The number of halogens is 1. The third-order valence-corrected chi connectivity index (χ3v) is 18.6. The van der Waals surface area contributed by atoms with Crippen molar-refractivity contribution < 1.29 is 118 Å². The highest BCUT2D eigenvalue weighted by atomic mass is 35.5. The SMILES string of the molecule is COc1ccc(CC2NC(=O)/C=C/C[C@@H]([C@H](C)[C@H]3O[C@@H]3c3ccc(CNC(=O)OCc4ccc(NC(=O)[C@H](C)NC(=O)[C@@H](NC(=O)CCN(CCC(=O)O)C(=O)CCC(=O)NCCOCCOCCOCCOCCC(=O)NCCS(=O)(=O)O)C(C)C)cc4)cc3)OC(=O)[C@H](CC(C)C)OC(=O)C(C)(C)CNC2=O)cc1Cl. The van der Waals surface area contributed by atoms with Crippen molar-refractivity contribution in [2.75, 3.05) is 104 Å². The quantitative estimate of drug-likeness (QED) is 0.0125. The molecule has 112 heavy (non-hydrogen) atoms. The number of hydrogen-bond acceptors (Lipinski definition) is 23. The fourth-order valence-corrected chi connectivity index (χ4v) is 11.6. The van der Waals surface area contributed by atoms with E-state index < -0.39 is 153 Å². The highest BCUT2D eigenvalue weighted by molar-refractivity contribution is 7.85. The Bertz CT molecular complexity index is 3770. The highest BCUT2D eigenvalue weighted by Gasteiger charge is 2.48. The van der Waals surface area contributed by atoms with E-state index in [1.165, 1.54) is 20.1 Å². The molecular formula is C76H108ClN9O25S. The van der Waals surface area contributed by atoms with Gasteiger partial charge in [0.25, 0.3) is 10.1 Å². The number of epoxide rings is 1. The number of esters is 2. The Morgan fingerprint density at radius 3 is 1.95 bits per heavy atom. The summed E-state index contributed by atoms with van der Waals surface area (Å²) in [5.74, 6) is -8.30. The van der Waals surface area contributed by atoms with Crippen molar-refractivity contribution in [3.05, 3.63) is 106 Å². The van der Waals surface area contributed by atoms with Crippen LogP contribution in [-0.4, -0.2) is 229 Å². The second-order valence-electron chi connectivity index (χ2n) is 28.2. The second-order valence-corrected chi connectivity index (χ2v) is 30.2. The molecule has 1 saturated heterocycles. The molecule has 0 bridgehead atoms. The number of carbonyl (C=O) groups is 12. The summed E-state index contributed by atoms with van der Waals surface area (Å²) in [5.41, 5.74) is 1.85. The number of carboxylic acid groups (broad SMARTS) is 1. The van der Waals surface area contributed by atoms with Gasteiger partial charge in [0.05, 0.1) is 88.7 Å². The number of amides is 9. The molecule has 1 unspecified atom stereocenters. The van der Waals surface area contributed by atoms with E-state index in [0.29, 0.717) is 27.6 Å². The van der Waals surface area contributed by atoms with Crippen molar-refractivity contribution in [3.63, 3.8) is 0 Å². The Balaban J connectivity index is 0.999. The number of carbonyl (C=O) groups excluding carboxylic acids is 11. The molecule has 9 amide bonds. The standard InChI is InChI=1S/C76H108ClN9O25S/c1-47(2)41-60-73(97)109-58(11-10-12-63(89)84-57(43-53-17-22-59(103-9)56(77)42-53)71(95)81-46-76(7,8)74(98)110-60)49(5)68-69(111-68)54-18-13-51(14-19-54)44-80-75(99)108-45-52-15-20-55(21-16-52)83-70(94)50(6)82-72(96)67(48(3)4)85-64(90)25-30-86(31-26-66(92)93)65(91)24-23-61(87)78-28-33-105-35-37-107-39-38-106-36-34-104-32-27-62(88)79-29-40-112(100,101)102/h10,12-22,42,47-50,57-58,60,67-69H,11,23-41,43-46H2,1-9H3,(H,78,87)(H,79,88)(H,80,99)(H,81,95)(H,82,96)(H,83,94)(H,84,89)(H,85,90)(H,92,93)(H,100,101,102)/b12-10+/t49-,50-,57?,58-,60-,67-,68+,69+/m0/s1. The lowest BCUT2D eigenvalue weighted by Gasteiger charge is -2.29. The number of nitrogens with zero attached hydrogens (tertiary/aromatic N) is 1. The van der Waals surface area contributed by atoms with Gasteiger partial charge in [-0.25, -0.2) is 9.59 Å². The van der Waals surface area contributed by atoms with Gasteiger partial charge in [-0.3, -0.25) is 52.5 Å². The van der Waals surface area contributed by atoms with Crippen molar-refractivity contribution >= 4 is 98.7 Å². The Morgan fingerprint density at radius 2 is 1.32 bits per heavy atom. The summed E-state index contributed by atoms with van der Waals surface area (Å²) in [6, 6.07) is 15.5. The van der Waals surface area contributed by atoms with E-state index in [1.807, 2.05) is 45.0 Å². The maximum atomic E-state index is 14.0. The van der Waals surface area contributed by atoms with E-state index in [9.17, 15) is 71.1 Å². The number of methoxy groups -OCH3 is 1. The number of aliphatic carboxylic acids is 1. The van der Waals surface area contributed by atoms with Gasteiger partial charge in [-0.05, 0) is 91.6 Å². The molecule has 620 valence electrons. The van der Waals surface area contributed by atoms with E-state index in [-0.39, 0.29) is 150 Å². The smallest absolute Gasteiger partial charge is 0.407 e. The van der Waals surface area contributed by atoms with Crippen LogP contribution in [0.4, 0.5) is 10.5 Å². The normalized spacial score (nSPS) is 18.4. The Labute approximate surface area is 657 Å². The molecule has 2 heterocycles. The number of cyclic esters (lactones) is 2. The number of benzene rings is 3. The zero-order chi connectivity index (χ0) is 82.5. The van der Waals surface area contributed by atoms with Gasteiger partial charge in [0.1, 0.15) is 42.7 Å². The fourth-order valence-electron chi connectivity index (χ4n) is 11.0. The largest absolute Gasteiger partial charge is 0.495 e. The molecule has 1 fully saturated rings. The van der Waals surface area contributed by atoms with Crippen LogP contribution in [0.1, 0.15) is 129 Å². The van der Waals surface area contributed by atoms with Crippen molar-refractivity contribution in [2.24, 2.45) is 23.2 Å². The van der Waals surface area contributed by atoms with Gasteiger partial charge in [0, 0.05) is 89.4 Å². The Hall–Kier alpha value is -9.36. The van der Waals surface area contributed by atoms with Crippen LogP contribution in [-0.2, 0) is 120 Å². The van der Waals surface area contributed by atoms with Crippen LogP contribution in [0.3, 0.4) is 0 Å². The average Bonchev–Trinajstić information content (AvgIpc) is 1.64. The van der Waals surface area contributed by atoms with Gasteiger partial charge in [0.15, 0.2) is 6.10 Å². The van der Waals surface area contributed by atoms with Crippen LogP contribution in [0, 0.1) is 23.2 Å². The predicted molar refractivity (Wildman–Crippen MR) is 406 cm³/mol. The second kappa shape index (κ2) is 47.9. The lowest BCUT2D eigenvalue weighted by molar-refractivity contribution is -0.179. The molecule has 3 aromatic carbocycles. The summed E-state index contributed by atoms with van der Waals surface area (Å²) < 4.78 is 80.5. The summed E-state index contributed by atoms with van der Waals surface area (Å²) in [4.78, 5) is 158. The van der Waals surface area contributed by atoms with E-state index >= 15 is 0 Å². The molecule has 2 aliphatic heterocycles. The first-order valence-electron chi connectivity index (χ1n) is 37.0. The van der Waals surface area contributed by atoms with Crippen molar-refractivity contribution in [2.45, 2.75) is 162 Å². The number of ether oxygens (including phenoxy) is 9. The van der Waals surface area contributed by atoms with Gasteiger partial charge >= 0.3 is 24.0 Å². The molecule has 0 aliphatic carbocycles. The van der Waals surface area contributed by atoms with Crippen LogP contribution < -0.4 is 47.3 Å². The number of anilines is 1. The molecule has 0 aromatic heterocycles. The molecular weight excluding hydrogens is 1510 g/mol. The molecule has 34 nitrogen and oxygen atoms in total. The summed E-state index contributed by atoms with van der Waals surface area (Å²) >= 11 is 6.39. The van der Waals surface area contributed by atoms with Crippen LogP contribution in [0.5, 0.6) is 5.75 Å². The minimum Gasteiger partial charge on any atom is -0.495 e. The summed E-state index contributed by atoms with van der Waals surface area (Å²) in [6.45, 7) is 14.6. The van der Waals surface area contributed by atoms with E-state index in [1.54, 1.807) is 76.2 Å². The van der Waals surface area contributed by atoms with E-state index in [2.05, 4.69) is 42.5 Å². The van der Waals surface area contributed by atoms with Gasteiger partial charge in [-0.1, -0.05) is 94.8 Å². The van der Waals surface area contributed by atoms with Gasteiger partial charge in [-0.15, -0.1) is 0 Å². The zero-order valence-electron chi connectivity index (χ0n) is 64.8. The first-order valence-corrected chi connectivity index (χ1v) is 39.0. The van der Waals surface area contributed by atoms with Crippen molar-refractivity contribution in [1.82, 2.24) is 42.1 Å². The minimum absolute atomic E-state index is 0.00877. The van der Waals surface area contributed by atoms with Crippen molar-refractivity contribution in [3.8, 4) is 5.75 Å². The third kappa shape index (κ3) is 35.6. The highest BCUT2D eigenvalue weighted by Crippen LogP contribution is 2.45. The third-order valence-electron chi connectivity index (χ3n) is 17.6. The molecule has 0 spiro atoms. The van der Waals surface area contributed by atoms with Crippen LogP contribution in [0.2, 0.25) is 5.02 Å². The molecule has 3 aromatic rings. The molecule has 36 heteroatoms. The van der Waals surface area contributed by atoms with Crippen LogP contribution in [0.25, 0.3) is 0 Å². The Morgan fingerprint density at radius 1 is 0.705 bits per heavy atom.